The number of H-pyrrole nitrogens is 1. The zero-order chi connectivity index (χ0) is 27.3. The largest absolute Gasteiger partial charge is 0.496 e. The number of aliphatic hydroxyl groups is 1. The third kappa shape index (κ3) is 4.68. The first-order valence-corrected chi connectivity index (χ1v) is 14.0. The normalized spacial score (nSPS) is 27.7. The zero-order valence-corrected chi connectivity index (χ0v) is 22.2. The first-order chi connectivity index (χ1) is 18.8. The van der Waals surface area contributed by atoms with Crippen LogP contribution in [0.1, 0.15) is 61.9 Å². The lowest BCUT2D eigenvalue weighted by Gasteiger charge is -2.32. The summed E-state index contributed by atoms with van der Waals surface area (Å²) < 4.78 is 5.44. The van der Waals surface area contributed by atoms with Crippen LogP contribution in [-0.4, -0.2) is 76.4 Å². The molecule has 2 aromatic rings. The minimum Gasteiger partial charge on any atom is -0.496 e. The minimum absolute atomic E-state index is 0.00504. The molecular weight excluding hydrogens is 500 g/mol. The van der Waals surface area contributed by atoms with Gasteiger partial charge in [-0.1, -0.05) is 12.5 Å². The predicted octanol–water partition coefficient (Wildman–Crippen LogP) is 1.91. The average molecular weight is 537 g/mol. The number of hydrogen-bond donors (Lipinski definition) is 4. The van der Waals surface area contributed by atoms with Crippen LogP contribution in [0.4, 0.5) is 0 Å². The van der Waals surface area contributed by atoms with E-state index in [0.717, 1.165) is 49.4 Å². The number of nitrogens with one attached hydrogen (secondary N) is 3. The van der Waals surface area contributed by atoms with E-state index in [2.05, 4.69) is 15.6 Å². The Kier molecular flexibility index (Phi) is 6.61. The van der Waals surface area contributed by atoms with Gasteiger partial charge in [-0.2, -0.15) is 0 Å². The van der Waals surface area contributed by atoms with Crippen LogP contribution in [0.25, 0.3) is 10.9 Å². The fourth-order valence-electron chi connectivity index (χ4n) is 7.11. The summed E-state index contributed by atoms with van der Waals surface area (Å²) in [5, 5.41) is 16.4. The highest BCUT2D eigenvalue weighted by atomic mass is 16.5. The van der Waals surface area contributed by atoms with E-state index < -0.39 is 36.3 Å². The number of piperidine rings is 1. The van der Waals surface area contributed by atoms with Gasteiger partial charge in [-0.3, -0.25) is 19.2 Å². The molecule has 10 heteroatoms. The SMILES string of the molecule is COc1cccc2[nH]c(C(=O)N3CC4CCCC4C3C(=O)NC(CC3CCC4(CC4)NC3=O)C(=O)CO)cc12. The predicted molar refractivity (Wildman–Crippen MR) is 142 cm³/mol. The van der Waals surface area contributed by atoms with E-state index in [0.29, 0.717) is 24.4 Å². The van der Waals surface area contributed by atoms with Crippen LogP contribution in [-0.2, 0) is 14.4 Å². The number of amides is 3. The number of aromatic amines is 1. The summed E-state index contributed by atoms with van der Waals surface area (Å²) in [7, 11) is 1.58. The number of aliphatic hydroxyl groups excluding tert-OH is 1. The van der Waals surface area contributed by atoms with Crippen LogP contribution >= 0.6 is 0 Å². The number of benzene rings is 1. The van der Waals surface area contributed by atoms with Crippen molar-refractivity contribution in [3.8, 4) is 5.75 Å². The maximum absolute atomic E-state index is 13.8. The lowest BCUT2D eigenvalue weighted by Crippen LogP contribution is -2.55. The number of methoxy groups -OCH3 is 1. The maximum atomic E-state index is 13.8. The highest BCUT2D eigenvalue weighted by Crippen LogP contribution is 2.45. The highest BCUT2D eigenvalue weighted by Gasteiger charge is 2.51. The Morgan fingerprint density at radius 2 is 2.03 bits per heavy atom. The molecule has 3 amide bonds. The van der Waals surface area contributed by atoms with Crippen molar-refractivity contribution in [2.24, 2.45) is 17.8 Å². The van der Waals surface area contributed by atoms with Crippen LogP contribution in [0.2, 0.25) is 0 Å². The van der Waals surface area contributed by atoms with Crippen molar-refractivity contribution in [3.05, 3.63) is 30.0 Å². The van der Waals surface area contributed by atoms with Crippen LogP contribution in [0.5, 0.6) is 5.75 Å². The van der Waals surface area contributed by atoms with E-state index >= 15 is 0 Å². The monoisotopic (exact) mass is 536 g/mol. The maximum Gasteiger partial charge on any atom is 0.271 e. The van der Waals surface area contributed by atoms with E-state index in [4.69, 9.17) is 4.74 Å². The minimum atomic E-state index is -0.985. The van der Waals surface area contributed by atoms with E-state index in [9.17, 15) is 24.3 Å². The van der Waals surface area contributed by atoms with Crippen molar-refractivity contribution >= 4 is 34.4 Å². The van der Waals surface area contributed by atoms with Crippen molar-refractivity contribution < 1.29 is 29.0 Å². The molecule has 1 aromatic heterocycles. The van der Waals surface area contributed by atoms with Crippen molar-refractivity contribution in [2.45, 2.75) is 69.0 Å². The molecule has 4 aliphatic rings. The molecule has 1 spiro atoms. The third-order valence-electron chi connectivity index (χ3n) is 9.46. The summed E-state index contributed by atoms with van der Waals surface area (Å²) in [6, 6.07) is 5.60. The number of ether oxygens (including phenoxy) is 1. The van der Waals surface area contributed by atoms with Gasteiger partial charge in [0.1, 0.15) is 24.1 Å². The van der Waals surface area contributed by atoms with Crippen molar-refractivity contribution in [1.29, 1.82) is 0 Å². The smallest absolute Gasteiger partial charge is 0.271 e. The van der Waals surface area contributed by atoms with E-state index in [1.807, 2.05) is 18.2 Å². The van der Waals surface area contributed by atoms with Crippen LogP contribution < -0.4 is 15.4 Å². The molecule has 2 aliphatic carbocycles. The molecule has 2 saturated carbocycles. The van der Waals surface area contributed by atoms with Crippen LogP contribution in [0.3, 0.4) is 0 Å². The Labute approximate surface area is 226 Å². The summed E-state index contributed by atoms with van der Waals surface area (Å²) in [6.45, 7) is -0.251. The number of nitrogens with zero attached hydrogens (tertiary/aromatic N) is 1. The standard InChI is InChI=1S/C29H36N4O6/c1-39-24-7-3-6-20-19(24)13-22(30-20)28(38)33-14-17-4-2-5-18(17)25(33)27(37)31-21(23(35)15-34)12-16-8-9-29(10-11-29)32-26(16)36/h3,6-7,13,16-18,21,25,30,34H,2,4-5,8-12,14-15H2,1H3,(H,31,37)(H,32,36). The summed E-state index contributed by atoms with van der Waals surface area (Å²) in [4.78, 5) is 57.8. The second-order valence-electron chi connectivity index (χ2n) is 11.8. The van der Waals surface area contributed by atoms with Gasteiger partial charge in [0, 0.05) is 28.9 Å². The molecule has 0 radical (unpaired) electrons. The number of hydrogen-bond acceptors (Lipinski definition) is 6. The molecule has 10 nitrogen and oxygen atoms in total. The molecule has 0 bridgehead atoms. The number of carbonyl (C=O) groups excluding carboxylic acids is 4. The van der Waals surface area contributed by atoms with Gasteiger partial charge in [-0.05, 0) is 75.0 Å². The molecule has 4 fully saturated rings. The Balaban J connectivity index is 1.22. The average Bonchev–Trinajstić information content (AvgIpc) is 3.28. The molecule has 5 unspecified atom stereocenters. The number of aromatic nitrogens is 1. The molecule has 5 atom stereocenters. The Morgan fingerprint density at radius 1 is 1.21 bits per heavy atom. The second-order valence-corrected chi connectivity index (χ2v) is 11.8. The van der Waals surface area contributed by atoms with Gasteiger partial charge >= 0.3 is 0 Å². The highest BCUT2D eigenvalue weighted by molar-refractivity contribution is 6.02. The number of ketones is 1. The van der Waals surface area contributed by atoms with E-state index in [-0.39, 0.29) is 35.6 Å². The van der Waals surface area contributed by atoms with Crippen molar-refractivity contribution in [2.75, 3.05) is 20.3 Å². The molecule has 2 aliphatic heterocycles. The first kappa shape index (κ1) is 25.9. The molecule has 6 rings (SSSR count). The van der Waals surface area contributed by atoms with Gasteiger partial charge in [0.15, 0.2) is 5.78 Å². The number of Topliss-reactive ketones (excluding diaryl/α,β-unsaturated/α-hetero) is 1. The lowest BCUT2D eigenvalue weighted by atomic mass is 9.86. The fraction of sp³-hybridized carbons (Fsp3) is 0.586. The van der Waals surface area contributed by atoms with Crippen molar-refractivity contribution in [1.82, 2.24) is 20.5 Å². The van der Waals surface area contributed by atoms with Crippen LogP contribution in [0, 0.1) is 17.8 Å². The Hall–Kier alpha value is -3.40. The summed E-state index contributed by atoms with van der Waals surface area (Å²) in [5.41, 5.74) is 1.08. The van der Waals surface area contributed by atoms with E-state index in [1.165, 1.54) is 0 Å². The zero-order valence-electron chi connectivity index (χ0n) is 22.2. The molecule has 208 valence electrons. The summed E-state index contributed by atoms with van der Waals surface area (Å²) in [5.74, 6) is -0.808. The van der Waals surface area contributed by atoms with Gasteiger partial charge in [-0.25, -0.2) is 0 Å². The van der Waals surface area contributed by atoms with Gasteiger partial charge in [0.25, 0.3) is 5.91 Å². The lowest BCUT2D eigenvalue weighted by molar-refractivity contribution is -0.134. The molecule has 1 aromatic carbocycles. The summed E-state index contributed by atoms with van der Waals surface area (Å²) in [6.07, 6.45) is 6.40. The number of likely N-dealkylation sites (tertiary alicyclic amines) is 1. The van der Waals surface area contributed by atoms with Gasteiger partial charge in [-0.15, -0.1) is 0 Å². The third-order valence-corrected chi connectivity index (χ3v) is 9.46. The Morgan fingerprint density at radius 3 is 2.74 bits per heavy atom. The first-order valence-electron chi connectivity index (χ1n) is 14.0. The van der Waals surface area contributed by atoms with Gasteiger partial charge in [0.05, 0.1) is 13.2 Å². The quantitative estimate of drug-likeness (QED) is 0.406. The van der Waals surface area contributed by atoms with E-state index in [1.54, 1.807) is 18.1 Å². The fourth-order valence-corrected chi connectivity index (χ4v) is 7.11. The molecule has 4 N–H and O–H groups in total. The topological polar surface area (TPSA) is 141 Å². The van der Waals surface area contributed by atoms with Crippen molar-refractivity contribution in [3.63, 3.8) is 0 Å². The number of rotatable bonds is 8. The molecular formula is C29H36N4O6. The second kappa shape index (κ2) is 9.97. The van der Waals surface area contributed by atoms with Gasteiger partial charge < -0.3 is 30.4 Å². The number of carbonyl (C=O) groups is 4. The van der Waals surface area contributed by atoms with Gasteiger partial charge in [0.2, 0.25) is 11.8 Å². The molecule has 39 heavy (non-hydrogen) atoms. The summed E-state index contributed by atoms with van der Waals surface area (Å²) >= 11 is 0. The Bertz CT molecular complexity index is 1320. The molecule has 3 heterocycles. The number of fused-ring (bicyclic) bond motifs is 2. The molecule has 2 saturated heterocycles. The van der Waals surface area contributed by atoms with Crippen LogP contribution in [0.15, 0.2) is 24.3 Å².